The van der Waals surface area contributed by atoms with Gasteiger partial charge in [0.05, 0.1) is 46.5 Å². The topological polar surface area (TPSA) is 393 Å². The van der Waals surface area contributed by atoms with Gasteiger partial charge in [-0.05, 0) is 123 Å². The van der Waals surface area contributed by atoms with Gasteiger partial charge in [0, 0.05) is 116 Å². The molecule has 2 unspecified atom stereocenters. The van der Waals surface area contributed by atoms with Crippen LogP contribution < -0.4 is 26.6 Å². The van der Waals surface area contributed by atoms with Crippen molar-refractivity contribution >= 4 is 82.3 Å². The van der Waals surface area contributed by atoms with Gasteiger partial charge in [0.25, 0.3) is 23.6 Å². The largest absolute Gasteiger partial charge is 0.481 e. The van der Waals surface area contributed by atoms with Gasteiger partial charge in [-0.2, -0.15) is 0 Å². The number of fused-ring (bicyclic) bond motifs is 4. The molecule has 4 atom stereocenters. The molecule has 4 fully saturated rings. The highest BCUT2D eigenvalue weighted by Crippen LogP contribution is 2.34. The third-order valence-corrected chi connectivity index (χ3v) is 21.7. The SMILES string of the molecule is O=C(CC[C@H](O)CN1CCc2ccccc2C1)c1cc(NC2CNC2)ncn1.O=C(O)CCCCCCc1cccc2c1C(=O)N(C1CCC(=O)NC1=O)C2=O.O=C1CCC(N2C(=O)c3cccc(CCCCCCC(=O)N4CC(Nc5cc(C(=O)CC[C@H](O)CN6CCc7ccccc7C6)ncn5)C4)c3C2=O)C(=O)N1. The molecule has 0 spiro atoms. The number of aliphatic carboxylic acids is 1. The van der Waals surface area contributed by atoms with Crippen molar-refractivity contribution in [2.75, 3.05) is 63.0 Å². The third kappa shape index (κ3) is 20.7. The molecule has 0 saturated carbocycles. The fraction of sp³-hybridized carbons (Fsp3) is 0.463. The van der Waals surface area contributed by atoms with Gasteiger partial charge < -0.3 is 36.2 Å². The normalized spacial score (nSPS) is 18.8. The summed E-state index contributed by atoms with van der Waals surface area (Å²) in [6.45, 7) is 7.50. The number of aliphatic hydroxyl groups excluding tert-OH is 2. The Morgan fingerprint density at radius 3 is 1.37 bits per heavy atom. The van der Waals surface area contributed by atoms with Crippen LogP contribution in [0.15, 0.2) is 110 Å². The van der Waals surface area contributed by atoms with Gasteiger partial charge in [-0.15, -0.1) is 0 Å². The zero-order chi connectivity index (χ0) is 78.1. The summed E-state index contributed by atoms with van der Waals surface area (Å²) < 4.78 is 0. The minimum atomic E-state index is -0.990. The number of hydrogen-bond donors (Lipinski definition) is 8. The molecule has 8 N–H and O–H groups in total. The van der Waals surface area contributed by atoms with Gasteiger partial charge >= 0.3 is 5.97 Å². The fourth-order valence-electron chi connectivity index (χ4n) is 15.4. The predicted octanol–water partition coefficient (Wildman–Crippen LogP) is 5.98. The highest BCUT2D eigenvalue weighted by atomic mass is 16.4. The first kappa shape index (κ1) is 79.8. The second-order valence-electron chi connectivity index (χ2n) is 29.8. The molecule has 2 aromatic heterocycles. The van der Waals surface area contributed by atoms with E-state index in [1.54, 1.807) is 47.4 Å². The van der Waals surface area contributed by atoms with E-state index in [1.165, 1.54) is 34.9 Å². The molecule has 9 amide bonds. The van der Waals surface area contributed by atoms with Gasteiger partial charge in [0.1, 0.15) is 47.8 Å². The summed E-state index contributed by atoms with van der Waals surface area (Å²) in [4.78, 5) is 173. The number of anilines is 2. The first-order valence-electron chi connectivity index (χ1n) is 38.8. The van der Waals surface area contributed by atoms with Crippen LogP contribution in [-0.4, -0.2) is 219 Å². The Morgan fingerprint density at radius 1 is 0.486 bits per heavy atom. The number of unbranched alkanes of at least 4 members (excludes halogenated alkanes) is 6. The van der Waals surface area contributed by atoms with Crippen LogP contribution in [0.5, 0.6) is 0 Å². The number of nitrogens with one attached hydrogen (secondary N) is 5. The molecule has 0 bridgehead atoms. The number of benzene rings is 4. The van der Waals surface area contributed by atoms with Gasteiger partial charge in [-0.25, -0.2) is 19.9 Å². The number of carbonyl (C=O) groups excluding carboxylic acids is 11. The number of nitrogens with zero attached hydrogens (tertiary/aromatic N) is 9. The van der Waals surface area contributed by atoms with Crippen molar-refractivity contribution in [2.24, 2.45) is 0 Å². The average molecular weight is 1520 g/mol. The lowest BCUT2D eigenvalue weighted by Crippen LogP contribution is -2.57. The number of imide groups is 4. The van der Waals surface area contributed by atoms with E-state index in [-0.39, 0.29) is 79.6 Å². The van der Waals surface area contributed by atoms with Crippen molar-refractivity contribution in [1.29, 1.82) is 0 Å². The standard InChI is InChI=1S/C41H47N7O7.C21H27N5O2.C20H22N2O6/c49-30(24-46-19-18-26-8-5-6-10-28(26)21-46)14-16-34(50)32-20-35(43-25-42-32)44-29-22-47(23-29)37(52)13-4-2-1-3-9-27-11-7-12-31-38(27)41(55)48(40(31)54)33-15-17-36(51)45-39(33)53;27-18(13-26-8-7-15-3-1-2-4-16(15)12-26)5-6-20(28)19-9-21(24-14-23-19)25-17-10-22-11-17;23-15-11-10-14(18(26)21-15)22-19(27)13-8-5-7-12(17(13)20(22)28)6-3-1-2-4-9-16(24)25/h5-8,10-12,20,25,29-30,33,49H,1-4,9,13-19,21-24H2,(H,42,43,44)(H,45,51,53);1-4,9,14,17-18,22,27H,5-8,10-13H2,(H,23,24,25);5,7-8,14H,1-4,6,9-11H2,(H,24,25)(H,21,23,26)/t30-,33?;18-;/m00./s1. The number of carboxylic acid groups (broad SMARTS) is 1. The molecular formula is C82H96N14O15. The summed E-state index contributed by atoms with van der Waals surface area (Å²) in [7, 11) is 0. The number of aromatic nitrogens is 4. The fourth-order valence-corrected chi connectivity index (χ4v) is 15.4. The minimum absolute atomic E-state index is 0.0198. The smallest absolute Gasteiger partial charge is 0.303 e. The Labute approximate surface area is 643 Å². The maximum atomic E-state index is 13.3. The third-order valence-electron chi connectivity index (χ3n) is 21.7. The lowest BCUT2D eigenvalue weighted by molar-refractivity contribution is -0.138. The average Bonchev–Trinajstić information content (AvgIpc) is 1.61. The van der Waals surface area contributed by atoms with E-state index in [4.69, 9.17) is 5.11 Å². The summed E-state index contributed by atoms with van der Waals surface area (Å²) in [5, 5.41) is 43.9. The van der Waals surface area contributed by atoms with Gasteiger partial charge in [0.2, 0.25) is 29.5 Å². The quantitative estimate of drug-likeness (QED) is 0.0137. The molecule has 0 aliphatic carbocycles. The van der Waals surface area contributed by atoms with Crippen LogP contribution in [0, 0.1) is 0 Å². The van der Waals surface area contributed by atoms with Crippen LogP contribution in [0.25, 0.3) is 0 Å². The summed E-state index contributed by atoms with van der Waals surface area (Å²) in [5.74, 6) is -3.76. The Balaban J connectivity index is 0.000000171. The Morgan fingerprint density at radius 2 is 0.928 bits per heavy atom. The molecule has 14 rings (SSSR count). The van der Waals surface area contributed by atoms with E-state index in [0.717, 1.165) is 118 Å². The Kier molecular flexibility index (Phi) is 27.2. The number of aryl methyl sites for hydroxylation is 2. The summed E-state index contributed by atoms with van der Waals surface area (Å²) in [6, 6.07) is 28.9. The minimum Gasteiger partial charge on any atom is -0.481 e. The molecule has 0 radical (unpaired) electrons. The van der Waals surface area contributed by atoms with Gasteiger partial charge in [0.15, 0.2) is 11.6 Å². The lowest BCUT2D eigenvalue weighted by Gasteiger charge is -2.40. The Bertz CT molecular complexity index is 4490. The van der Waals surface area contributed by atoms with Crippen LogP contribution in [0.2, 0.25) is 0 Å². The van der Waals surface area contributed by atoms with E-state index in [9.17, 15) is 67.7 Å². The van der Waals surface area contributed by atoms with Crippen molar-refractivity contribution in [3.63, 3.8) is 0 Å². The second-order valence-corrected chi connectivity index (χ2v) is 29.8. The van der Waals surface area contributed by atoms with Gasteiger partial charge in [-0.1, -0.05) is 98.5 Å². The van der Waals surface area contributed by atoms with Crippen LogP contribution in [0.1, 0.15) is 211 Å². The van der Waals surface area contributed by atoms with Crippen molar-refractivity contribution < 1.29 is 72.9 Å². The number of amides is 9. The first-order valence-corrected chi connectivity index (χ1v) is 38.8. The number of hydrogen-bond acceptors (Lipinski definition) is 23. The van der Waals surface area contributed by atoms with Crippen molar-refractivity contribution in [3.8, 4) is 0 Å². The number of carboxylic acids is 1. The van der Waals surface area contributed by atoms with Crippen molar-refractivity contribution in [3.05, 3.63) is 177 Å². The van der Waals surface area contributed by atoms with Crippen molar-refractivity contribution in [2.45, 2.75) is 191 Å². The number of rotatable bonds is 32. The molecule has 6 aromatic rings. The van der Waals surface area contributed by atoms with Crippen LogP contribution in [0.3, 0.4) is 0 Å². The van der Waals surface area contributed by atoms with E-state index in [1.807, 2.05) is 12.1 Å². The number of β-amino-alcohol motifs (C(OH)–C–C–N with tert-alkyl or cyclic N) is 2. The zero-order valence-electron chi connectivity index (χ0n) is 62.2. The molecule has 29 heteroatoms. The molecule has 4 aromatic carbocycles. The summed E-state index contributed by atoms with van der Waals surface area (Å²) in [6.07, 6.45) is 13.3. The zero-order valence-corrected chi connectivity index (χ0v) is 62.2. The van der Waals surface area contributed by atoms with Crippen LogP contribution in [0.4, 0.5) is 11.6 Å². The highest BCUT2D eigenvalue weighted by Gasteiger charge is 2.47. The number of ketones is 2. The van der Waals surface area contributed by atoms with Gasteiger partial charge in [-0.3, -0.25) is 87.8 Å². The molecule has 4 saturated heterocycles. The number of Topliss-reactive ketones (excluding diaryl/α,β-unsaturated/α-hetero) is 2. The van der Waals surface area contributed by atoms with E-state index >= 15 is 0 Å². The lowest BCUT2D eigenvalue weighted by atomic mass is 9.97. The molecule has 10 heterocycles. The monoisotopic (exact) mass is 1520 g/mol. The predicted molar refractivity (Wildman–Crippen MR) is 406 cm³/mol. The second kappa shape index (κ2) is 37.8. The maximum Gasteiger partial charge on any atom is 0.303 e. The maximum absolute atomic E-state index is 13.3. The molecular weight excluding hydrogens is 1420 g/mol. The van der Waals surface area contributed by atoms with Crippen LogP contribution >= 0.6 is 0 Å². The molecule has 584 valence electrons. The number of likely N-dealkylation sites (tertiary alicyclic amines) is 1. The highest BCUT2D eigenvalue weighted by molar-refractivity contribution is 6.25. The summed E-state index contributed by atoms with van der Waals surface area (Å²) >= 11 is 0. The Hall–Kier alpha value is -10.7. The van der Waals surface area contributed by atoms with E-state index in [2.05, 4.69) is 98.8 Å². The molecule has 111 heavy (non-hydrogen) atoms. The molecule has 29 nitrogen and oxygen atoms in total. The number of aliphatic hydroxyl groups is 2. The van der Waals surface area contributed by atoms with E-state index < -0.39 is 77.5 Å². The molecule has 8 aliphatic heterocycles. The van der Waals surface area contributed by atoms with Crippen molar-refractivity contribution in [1.82, 2.24) is 60.4 Å². The van der Waals surface area contributed by atoms with E-state index in [0.29, 0.717) is 105 Å². The number of piperidine rings is 2. The number of carbonyl (C=O) groups is 12. The van der Waals surface area contributed by atoms with Crippen LogP contribution in [-0.2, 0) is 67.5 Å². The molecule has 8 aliphatic rings. The first-order chi connectivity index (χ1) is 53.7. The summed E-state index contributed by atoms with van der Waals surface area (Å²) in [5.41, 5.74) is 8.85.